The number of methoxy groups -OCH3 is 1. The first kappa shape index (κ1) is 17.5. The fourth-order valence-corrected chi connectivity index (χ4v) is 2.21. The number of nitrogens with one attached hydrogen (secondary N) is 2. The maximum Gasteiger partial charge on any atom is 0.229 e. The van der Waals surface area contributed by atoms with E-state index in [2.05, 4.69) is 15.8 Å². The van der Waals surface area contributed by atoms with Crippen LogP contribution in [-0.4, -0.2) is 24.1 Å². The van der Waals surface area contributed by atoms with Gasteiger partial charge in [-0.25, -0.2) is 0 Å². The highest BCUT2D eigenvalue weighted by Crippen LogP contribution is 2.27. The van der Waals surface area contributed by atoms with Crippen molar-refractivity contribution in [2.45, 2.75) is 33.6 Å². The van der Waals surface area contributed by atoms with Gasteiger partial charge in [0, 0.05) is 18.1 Å². The summed E-state index contributed by atoms with van der Waals surface area (Å²) >= 11 is 0. The molecule has 2 rings (SSSR count). The van der Waals surface area contributed by atoms with Crippen molar-refractivity contribution in [1.82, 2.24) is 5.16 Å². The molecule has 7 nitrogen and oxygen atoms in total. The van der Waals surface area contributed by atoms with Gasteiger partial charge in [0.2, 0.25) is 11.8 Å². The molecule has 0 aliphatic carbocycles. The van der Waals surface area contributed by atoms with Crippen LogP contribution in [-0.2, 0) is 16.0 Å². The Labute approximate surface area is 140 Å². The van der Waals surface area contributed by atoms with Gasteiger partial charge in [0.15, 0.2) is 0 Å². The summed E-state index contributed by atoms with van der Waals surface area (Å²) in [6, 6.07) is 5.07. The first-order valence-corrected chi connectivity index (χ1v) is 7.64. The molecule has 0 unspecified atom stereocenters. The molecule has 0 saturated carbocycles. The minimum Gasteiger partial charge on any atom is -0.497 e. The lowest BCUT2D eigenvalue weighted by Crippen LogP contribution is -2.18. The minimum atomic E-state index is -0.232. The number of carbonyl (C=O) groups excluding carboxylic acids is 2. The van der Waals surface area contributed by atoms with Gasteiger partial charge in [0.05, 0.1) is 30.6 Å². The van der Waals surface area contributed by atoms with Crippen LogP contribution < -0.4 is 15.4 Å². The van der Waals surface area contributed by atoms with E-state index in [1.54, 1.807) is 39.0 Å². The van der Waals surface area contributed by atoms with Crippen molar-refractivity contribution < 1.29 is 18.8 Å². The van der Waals surface area contributed by atoms with E-state index in [0.29, 0.717) is 35.0 Å². The van der Waals surface area contributed by atoms with Gasteiger partial charge in [-0.15, -0.1) is 0 Å². The molecule has 0 fully saturated rings. The summed E-state index contributed by atoms with van der Waals surface area (Å²) in [5.41, 5.74) is 2.45. The van der Waals surface area contributed by atoms with E-state index >= 15 is 0 Å². The second-order valence-corrected chi connectivity index (χ2v) is 5.34. The Bertz CT molecular complexity index is 733. The van der Waals surface area contributed by atoms with E-state index in [4.69, 9.17) is 9.26 Å². The first-order chi connectivity index (χ1) is 11.4. The van der Waals surface area contributed by atoms with Crippen molar-refractivity contribution >= 4 is 23.2 Å². The van der Waals surface area contributed by atoms with Gasteiger partial charge in [-0.05, 0) is 26.0 Å². The second kappa shape index (κ2) is 7.63. The number of anilines is 2. The lowest BCUT2D eigenvalue weighted by Gasteiger charge is -2.13. The van der Waals surface area contributed by atoms with Crippen molar-refractivity contribution in [1.29, 1.82) is 0 Å². The van der Waals surface area contributed by atoms with Crippen LogP contribution in [0.15, 0.2) is 22.7 Å². The van der Waals surface area contributed by atoms with Gasteiger partial charge in [-0.1, -0.05) is 12.1 Å². The molecule has 7 heteroatoms. The molecule has 0 bridgehead atoms. The molecule has 1 aromatic heterocycles. The van der Waals surface area contributed by atoms with Gasteiger partial charge in [0.1, 0.15) is 11.5 Å². The number of rotatable bonds is 6. The summed E-state index contributed by atoms with van der Waals surface area (Å²) in [6.45, 7) is 5.31. The highest BCUT2D eigenvalue weighted by molar-refractivity contribution is 6.00. The van der Waals surface area contributed by atoms with Crippen LogP contribution in [0.3, 0.4) is 0 Å². The molecule has 2 amide bonds. The van der Waals surface area contributed by atoms with Crippen LogP contribution in [0.2, 0.25) is 0 Å². The normalized spacial score (nSPS) is 10.3. The van der Waals surface area contributed by atoms with Gasteiger partial charge in [-0.2, -0.15) is 0 Å². The van der Waals surface area contributed by atoms with Crippen LogP contribution in [0.25, 0.3) is 0 Å². The largest absolute Gasteiger partial charge is 0.497 e. The van der Waals surface area contributed by atoms with Gasteiger partial charge < -0.3 is 19.9 Å². The predicted molar refractivity (Wildman–Crippen MR) is 90.2 cm³/mol. The summed E-state index contributed by atoms with van der Waals surface area (Å²) in [7, 11) is 1.54. The summed E-state index contributed by atoms with van der Waals surface area (Å²) < 4.78 is 10.2. The number of nitrogens with zero attached hydrogens (tertiary/aromatic N) is 1. The summed E-state index contributed by atoms with van der Waals surface area (Å²) in [6.07, 6.45) is 0.484. The van der Waals surface area contributed by atoms with E-state index in [-0.39, 0.29) is 18.2 Å². The van der Waals surface area contributed by atoms with Crippen molar-refractivity contribution in [3.63, 3.8) is 0 Å². The number of aromatic nitrogens is 1. The number of ether oxygens (including phenoxy) is 1. The van der Waals surface area contributed by atoms with Gasteiger partial charge in [-0.3, -0.25) is 9.59 Å². The van der Waals surface area contributed by atoms with Gasteiger partial charge in [0.25, 0.3) is 0 Å². The number of hydrogen-bond acceptors (Lipinski definition) is 5. The van der Waals surface area contributed by atoms with E-state index in [1.807, 2.05) is 0 Å². The van der Waals surface area contributed by atoms with E-state index < -0.39 is 0 Å². The maximum absolute atomic E-state index is 12.4. The molecule has 0 aliphatic heterocycles. The Morgan fingerprint density at radius 2 is 1.88 bits per heavy atom. The molecular weight excluding hydrogens is 310 g/mol. The summed E-state index contributed by atoms with van der Waals surface area (Å²) in [4.78, 5) is 24.0. The molecule has 2 aromatic rings. The van der Waals surface area contributed by atoms with E-state index in [1.165, 1.54) is 7.11 Å². The van der Waals surface area contributed by atoms with Crippen LogP contribution >= 0.6 is 0 Å². The average molecular weight is 331 g/mol. The monoisotopic (exact) mass is 331 g/mol. The molecule has 1 aromatic carbocycles. The Kier molecular flexibility index (Phi) is 5.57. The standard InChI is InChI=1S/C17H21N3O4/c1-5-16(21)18-14-7-6-12(23-4)8-15(14)19-17(22)9-13-10(2)20-24-11(13)3/h6-8H,5,9H2,1-4H3,(H,18,21)(H,19,22). The highest BCUT2D eigenvalue weighted by Gasteiger charge is 2.15. The Morgan fingerprint density at radius 1 is 1.17 bits per heavy atom. The zero-order chi connectivity index (χ0) is 17.7. The zero-order valence-electron chi connectivity index (χ0n) is 14.2. The first-order valence-electron chi connectivity index (χ1n) is 7.64. The molecule has 24 heavy (non-hydrogen) atoms. The minimum absolute atomic E-state index is 0.138. The number of hydrogen-bond donors (Lipinski definition) is 2. The Balaban J connectivity index is 2.20. The zero-order valence-corrected chi connectivity index (χ0v) is 14.2. The summed E-state index contributed by atoms with van der Waals surface area (Å²) in [5, 5.41) is 9.40. The Hall–Kier alpha value is -2.83. The fraction of sp³-hybridized carbons (Fsp3) is 0.353. The third-order valence-corrected chi connectivity index (χ3v) is 3.61. The van der Waals surface area contributed by atoms with Crippen molar-refractivity contribution in [2.24, 2.45) is 0 Å². The smallest absolute Gasteiger partial charge is 0.229 e. The second-order valence-electron chi connectivity index (χ2n) is 5.34. The number of aryl methyl sites for hydroxylation is 2. The highest BCUT2D eigenvalue weighted by atomic mass is 16.5. The molecule has 0 spiro atoms. The SMILES string of the molecule is CCC(=O)Nc1ccc(OC)cc1NC(=O)Cc1c(C)noc1C. The predicted octanol–water partition coefficient (Wildman–Crippen LogP) is 2.83. The van der Waals surface area contributed by atoms with Crippen molar-refractivity contribution in [2.75, 3.05) is 17.7 Å². The van der Waals surface area contributed by atoms with E-state index in [9.17, 15) is 9.59 Å². The molecule has 0 saturated heterocycles. The molecular formula is C17H21N3O4. The van der Waals surface area contributed by atoms with Crippen LogP contribution in [0.4, 0.5) is 11.4 Å². The molecule has 0 aliphatic rings. The third-order valence-electron chi connectivity index (χ3n) is 3.61. The van der Waals surface area contributed by atoms with Crippen LogP contribution in [0.5, 0.6) is 5.75 Å². The lowest BCUT2D eigenvalue weighted by molar-refractivity contribution is -0.116. The number of carbonyl (C=O) groups is 2. The van der Waals surface area contributed by atoms with Crippen molar-refractivity contribution in [3.8, 4) is 5.75 Å². The quantitative estimate of drug-likeness (QED) is 0.849. The topological polar surface area (TPSA) is 93.5 Å². The number of amides is 2. The third kappa shape index (κ3) is 4.13. The lowest BCUT2D eigenvalue weighted by atomic mass is 10.1. The average Bonchev–Trinajstić information content (AvgIpc) is 2.88. The molecule has 2 N–H and O–H groups in total. The molecule has 0 radical (unpaired) electrons. The molecule has 128 valence electrons. The van der Waals surface area contributed by atoms with Crippen molar-refractivity contribution in [3.05, 3.63) is 35.2 Å². The van der Waals surface area contributed by atoms with Crippen LogP contribution in [0.1, 0.15) is 30.4 Å². The fourth-order valence-electron chi connectivity index (χ4n) is 2.21. The van der Waals surface area contributed by atoms with Crippen LogP contribution in [0, 0.1) is 13.8 Å². The summed E-state index contributed by atoms with van der Waals surface area (Å²) in [5.74, 6) is 0.830. The maximum atomic E-state index is 12.4. The Morgan fingerprint density at radius 3 is 2.46 bits per heavy atom. The molecule has 0 atom stereocenters. The molecule has 1 heterocycles. The van der Waals surface area contributed by atoms with Gasteiger partial charge >= 0.3 is 0 Å². The number of benzene rings is 1. The van der Waals surface area contributed by atoms with E-state index in [0.717, 1.165) is 5.56 Å².